The molecule has 1 N–H and O–H groups in total. The number of furan rings is 1. The van der Waals surface area contributed by atoms with Crippen LogP contribution in [0.25, 0.3) is 0 Å². The van der Waals surface area contributed by atoms with Gasteiger partial charge in [0.1, 0.15) is 5.76 Å². The van der Waals surface area contributed by atoms with Crippen LogP contribution in [0.4, 0.5) is 0 Å². The number of rotatable bonds is 6. The number of aryl methyl sites for hydroxylation is 1. The first-order chi connectivity index (χ1) is 6.34. The van der Waals surface area contributed by atoms with Crippen LogP contribution < -0.4 is 5.32 Å². The van der Waals surface area contributed by atoms with E-state index in [0.29, 0.717) is 0 Å². The summed E-state index contributed by atoms with van der Waals surface area (Å²) in [7, 11) is 0. The summed E-state index contributed by atoms with van der Waals surface area (Å²) >= 11 is 0. The van der Waals surface area contributed by atoms with Gasteiger partial charge in [-0.2, -0.15) is 0 Å². The summed E-state index contributed by atoms with van der Waals surface area (Å²) in [5, 5.41) is 3.37. The molecular formula is C11H19NO. The van der Waals surface area contributed by atoms with E-state index in [1.54, 1.807) is 6.26 Å². The fourth-order valence-electron chi connectivity index (χ4n) is 1.29. The second kappa shape index (κ2) is 5.81. The Hall–Kier alpha value is -0.760. The van der Waals surface area contributed by atoms with Crippen LogP contribution in [-0.4, -0.2) is 6.54 Å². The average Bonchev–Trinajstić information content (AvgIpc) is 2.52. The Balaban J connectivity index is 2.10. The van der Waals surface area contributed by atoms with Gasteiger partial charge < -0.3 is 9.73 Å². The summed E-state index contributed by atoms with van der Waals surface area (Å²) in [5.74, 6) is 1.07. The van der Waals surface area contributed by atoms with Crippen molar-refractivity contribution >= 4 is 0 Å². The Labute approximate surface area is 80.3 Å². The molecule has 0 aliphatic rings. The molecule has 0 radical (unpaired) electrons. The SMILES string of the molecule is CCCCCNCc1occc1C. The van der Waals surface area contributed by atoms with Crippen molar-refractivity contribution < 1.29 is 4.42 Å². The standard InChI is InChI=1S/C11H19NO/c1-3-4-5-7-12-9-11-10(2)6-8-13-11/h6,8,12H,3-5,7,9H2,1-2H3. The molecule has 74 valence electrons. The highest BCUT2D eigenvalue weighted by molar-refractivity contribution is 5.13. The van der Waals surface area contributed by atoms with Gasteiger partial charge in [0, 0.05) is 0 Å². The smallest absolute Gasteiger partial charge is 0.120 e. The molecule has 0 unspecified atom stereocenters. The van der Waals surface area contributed by atoms with Crippen molar-refractivity contribution in [2.24, 2.45) is 0 Å². The molecule has 0 fully saturated rings. The van der Waals surface area contributed by atoms with E-state index in [4.69, 9.17) is 4.42 Å². The van der Waals surface area contributed by atoms with Gasteiger partial charge in [-0.15, -0.1) is 0 Å². The van der Waals surface area contributed by atoms with Crippen molar-refractivity contribution in [1.82, 2.24) is 5.32 Å². The van der Waals surface area contributed by atoms with E-state index in [1.807, 2.05) is 6.07 Å². The van der Waals surface area contributed by atoms with Crippen LogP contribution in [0.5, 0.6) is 0 Å². The number of unbranched alkanes of at least 4 members (excludes halogenated alkanes) is 2. The average molecular weight is 181 g/mol. The molecule has 1 aromatic rings. The lowest BCUT2D eigenvalue weighted by molar-refractivity contribution is 0.476. The topological polar surface area (TPSA) is 25.2 Å². The molecule has 1 rings (SSSR count). The zero-order chi connectivity index (χ0) is 9.52. The molecule has 0 aliphatic heterocycles. The van der Waals surface area contributed by atoms with Gasteiger partial charge >= 0.3 is 0 Å². The van der Waals surface area contributed by atoms with Crippen LogP contribution in [0.2, 0.25) is 0 Å². The first-order valence-electron chi connectivity index (χ1n) is 5.08. The Kier molecular flexibility index (Phi) is 4.61. The summed E-state index contributed by atoms with van der Waals surface area (Å²) in [6.07, 6.45) is 5.60. The summed E-state index contributed by atoms with van der Waals surface area (Å²) in [5.41, 5.74) is 1.24. The largest absolute Gasteiger partial charge is 0.468 e. The number of hydrogen-bond donors (Lipinski definition) is 1. The van der Waals surface area contributed by atoms with Crippen molar-refractivity contribution in [3.8, 4) is 0 Å². The van der Waals surface area contributed by atoms with Crippen LogP contribution >= 0.6 is 0 Å². The summed E-state index contributed by atoms with van der Waals surface area (Å²) in [4.78, 5) is 0. The molecule has 2 heteroatoms. The Morgan fingerprint density at radius 1 is 1.38 bits per heavy atom. The molecule has 2 nitrogen and oxygen atoms in total. The molecule has 0 atom stereocenters. The van der Waals surface area contributed by atoms with Gasteiger partial charge in [0.2, 0.25) is 0 Å². The molecule has 0 aliphatic carbocycles. The highest BCUT2D eigenvalue weighted by atomic mass is 16.3. The van der Waals surface area contributed by atoms with Gasteiger partial charge in [0.05, 0.1) is 12.8 Å². The predicted molar refractivity (Wildman–Crippen MR) is 54.7 cm³/mol. The lowest BCUT2D eigenvalue weighted by atomic mass is 10.2. The molecule has 0 amide bonds. The fourth-order valence-corrected chi connectivity index (χ4v) is 1.29. The molecule has 0 bridgehead atoms. The zero-order valence-electron chi connectivity index (χ0n) is 8.60. The minimum absolute atomic E-state index is 0.864. The van der Waals surface area contributed by atoms with E-state index < -0.39 is 0 Å². The molecule has 13 heavy (non-hydrogen) atoms. The van der Waals surface area contributed by atoms with Gasteiger partial charge in [-0.1, -0.05) is 19.8 Å². The fraction of sp³-hybridized carbons (Fsp3) is 0.636. The summed E-state index contributed by atoms with van der Waals surface area (Å²) in [6.45, 7) is 6.25. The monoisotopic (exact) mass is 181 g/mol. The van der Waals surface area contributed by atoms with Gasteiger partial charge in [-0.05, 0) is 31.5 Å². The number of hydrogen-bond acceptors (Lipinski definition) is 2. The molecule has 1 aromatic heterocycles. The van der Waals surface area contributed by atoms with E-state index in [2.05, 4.69) is 19.2 Å². The third-order valence-electron chi connectivity index (χ3n) is 2.21. The van der Waals surface area contributed by atoms with E-state index in [1.165, 1.54) is 24.8 Å². The zero-order valence-corrected chi connectivity index (χ0v) is 8.60. The third kappa shape index (κ3) is 3.64. The molecule has 0 aromatic carbocycles. The molecule has 1 heterocycles. The molecular weight excluding hydrogens is 162 g/mol. The number of nitrogens with one attached hydrogen (secondary N) is 1. The van der Waals surface area contributed by atoms with Crippen molar-refractivity contribution in [3.63, 3.8) is 0 Å². The van der Waals surface area contributed by atoms with Crippen molar-refractivity contribution in [1.29, 1.82) is 0 Å². The lowest BCUT2D eigenvalue weighted by Gasteiger charge is -2.02. The molecule has 0 spiro atoms. The lowest BCUT2D eigenvalue weighted by Crippen LogP contribution is -2.14. The maximum Gasteiger partial charge on any atom is 0.120 e. The third-order valence-corrected chi connectivity index (χ3v) is 2.21. The van der Waals surface area contributed by atoms with Crippen LogP contribution in [-0.2, 0) is 6.54 Å². The first kappa shape index (κ1) is 10.3. The Bertz CT molecular complexity index is 230. The van der Waals surface area contributed by atoms with Crippen LogP contribution in [0.3, 0.4) is 0 Å². The minimum Gasteiger partial charge on any atom is -0.468 e. The second-order valence-corrected chi connectivity index (χ2v) is 3.41. The van der Waals surface area contributed by atoms with E-state index in [0.717, 1.165) is 18.8 Å². The Morgan fingerprint density at radius 3 is 2.85 bits per heavy atom. The van der Waals surface area contributed by atoms with Crippen LogP contribution in [0.15, 0.2) is 16.7 Å². The van der Waals surface area contributed by atoms with Gasteiger partial charge in [0.15, 0.2) is 0 Å². The second-order valence-electron chi connectivity index (χ2n) is 3.41. The molecule has 0 saturated carbocycles. The molecule has 0 saturated heterocycles. The van der Waals surface area contributed by atoms with Crippen molar-refractivity contribution in [2.75, 3.05) is 6.54 Å². The summed E-state index contributed by atoms with van der Waals surface area (Å²) in [6, 6.07) is 2.00. The quantitative estimate of drug-likeness (QED) is 0.683. The minimum atomic E-state index is 0.864. The van der Waals surface area contributed by atoms with Crippen molar-refractivity contribution in [3.05, 3.63) is 23.7 Å². The highest BCUT2D eigenvalue weighted by Gasteiger charge is 1.99. The maximum absolute atomic E-state index is 5.31. The van der Waals surface area contributed by atoms with Crippen molar-refractivity contribution in [2.45, 2.75) is 39.7 Å². The van der Waals surface area contributed by atoms with Crippen LogP contribution in [0.1, 0.15) is 37.5 Å². The maximum atomic E-state index is 5.31. The van der Waals surface area contributed by atoms with Gasteiger partial charge in [-0.25, -0.2) is 0 Å². The predicted octanol–water partition coefficient (Wildman–Crippen LogP) is 2.87. The van der Waals surface area contributed by atoms with Gasteiger partial charge in [-0.3, -0.25) is 0 Å². The summed E-state index contributed by atoms with van der Waals surface area (Å²) < 4.78 is 5.31. The van der Waals surface area contributed by atoms with E-state index >= 15 is 0 Å². The highest BCUT2D eigenvalue weighted by Crippen LogP contribution is 2.07. The van der Waals surface area contributed by atoms with Gasteiger partial charge in [0.25, 0.3) is 0 Å². The Morgan fingerprint density at radius 2 is 2.23 bits per heavy atom. The van der Waals surface area contributed by atoms with Crippen LogP contribution in [0, 0.1) is 6.92 Å². The van der Waals surface area contributed by atoms with E-state index in [-0.39, 0.29) is 0 Å². The van der Waals surface area contributed by atoms with E-state index in [9.17, 15) is 0 Å². The normalized spacial score (nSPS) is 10.6. The first-order valence-corrected chi connectivity index (χ1v) is 5.08.